The van der Waals surface area contributed by atoms with Crippen molar-refractivity contribution in [1.29, 1.82) is 0 Å². The SMILES string of the molecule is CN(C)CCCC(C)(C)NC(=O)Cn1cc([N+](=O)[O-])cn1. The van der Waals surface area contributed by atoms with E-state index < -0.39 is 4.92 Å². The molecule has 0 fully saturated rings. The first kappa shape index (κ1) is 17.1. The van der Waals surface area contributed by atoms with Gasteiger partial charge in [0.25, 0.3) is 0 Å². The summed E-state index contributed by atoms with van der Waals surface area (Å²) in [5, 5.41) is 17.3. The molecule has 0 atom stereocenters. The van der Waals surface area contributed by atoms with Crippen molar-refractivity contribution in [2.24, 2.45) is 0 Å². The molecule has 0 radical (unpaired) electrons. The predicted molar refractivity (Wildman–Crippen MR) is 78.9 cm³/mol. The van der Waals surface area contributed by atoms with Crippen LogP contribution in [0.2, 0.25) is 0 Å². The number of hydrogen-bond acceptors (Lipinski definition) is 5. The van der Waals surface area contributed by atoms with Gasteiger partial charge >= 0.3 is 5.69 Å². The predicted octanol–water partition coefficient (Wildman–Crippen LogP) is 1.03. The van der Waals surface area contributed by atoms with Gasteiger partial charge in [-0.25, -0.2) is 0 Å². The summed E-state index contributed by atoms with van der Waals surface area (Å²) >= 11 is 0. The van der Waals surface area contributed by atoms with Gasteiger partial charge in [-0.3, -0.25) is 19.6 Å². The highest BCUT2D eigenvalue weighted by molar-refractivity contribution is 5.76. The van der Waals surface area contributed by atoms with Crippen molar-refractivity contribution in [2.75, 3.05) is 20.6 Å². The van der Waals surface area contributed by atoms with Gasteiger partial charge in [-0.15, -0.1) is 0 Å². The lowest BCUT2D eigenvalue weighted by Gasteiger charge is -2.27. The summed E-state index contributed by atoms with van der Waals surface area (Å²) in [5.41, 5.74) is -0.431. The smallest absolute Gasteiger partial charge is 0.307 e. The minimum Gasteiger partial charge on any atom is -0.350 e. The Kier molecular flexibility index (Phi) is 5.83. The van der Waals surface area contributed by atoms with Crippen molar-refractivity contribution in [3.63, 3.8) is 0 Å². The van der Waals surface area contributed by atoms with Crippen LogP contribution in [0.5, 0.6) is 0 Å². The lowest BCUT2D eigenvalue weighted by Crippen LogP contribution is -2.45. The van der Waals surface area contributed by atoms with Gasteiger partial charge in [0.1, 0.15) is 18.9 Å². The minimum absolute atomic E-state index is 0.0229. The van der Waals surface area contributed by atoms with Crippen LogP contribution in [0, 0.1) is 10.1 Å². The molecule has 0 aromatic carbocycles. The van der Waals surface area contributed by atoms with Crippen LogP contribution in [-0.4, -0.2) is 51.7 Å². The largest absolute Gasteiger partial charge is 0.350 e. The van der Waals surface area contributed by atoms with Gasteiger partial charge in [0.05, 0.1) is 4.92 Å². The fourth-order valence-corrected chi connectivity index (χ4v) is 2.00. The van der Waals surface area contributed by atoms with E-state index in [0.717, 1.165) is 25.6 Å². The fraction of sp³-hybridized carbons (Fsp3) is 0.692. The maximum Gasteiger partial charge on any atom is 0.307 e. The zero-order chi connectivity index (χ0) is 16.0. The Bertz CT molecular complexity index is 496. The normalized spacial score (nSPS) is 11.7. The Morgan fingerprint density at radius 2 is 2.19 bits per heavy atom. The molecule has 1 aromatic heterocycles. The minimum atomic E-state index is -0.535. The van der Waals surface area contributed by atoms with Crippen molar-refractivity contribution >= 4 is 11.6 Å². The van der Waals surface area contributed by atoms with Crippen LogP contribution in [-0.2, 0) is 11.3 Å². The number of nitro groups is 1. The number of hydrogen-bond donors (Lipinski definition) is 1. The highest BCUT2D eigenvalue weighted by atomic mass is 16.6. The van der Waals surface area contributed by atoms with Gasteiger partial charge in [-0.2, -0.15) is 5.10 Å². The third-order valence-electron chi connectivity index (χ3n) is 3.02. The quantitative estimate of drug-likeness (QED) is 0.571. The fourth-order valence-electron chi connectivity index (χ4n) is 2.00. The van der Waals surface area contributed by atoms with E-state index in [-0.39, 0.29) is 23.7 Å². The Morgan fingerprint density at radius 3 is 2.71 bits per heavy atom. The summed E-state index contributed by atoms with van der Waals surface area (Å²) in [7, 11) is 4.02. The number of nitrogens with one attached hydrogen (secondary N) is 1. The topological polar surface area (TPSA) is 93.3 Å². The maximum atomic E-state index is 12.0. The molecule has 0 saturated carbocycles. The van der Waals surface area contributed by atoms with E-state index in [1.165, 1.54) is 10.9 Å². The monoisotopic (exact) mass is 297 g/mol. The van der Waals surface area contributed by atoms with Gasteiger partial charge < -0.3 is 10.2 Å². The molecule has 21 heavy (non-hydrogen) atoms. The van der Waals surface area contributed by atoms with E-state index in [1.807, 2.05) is 27.9 Å². The van der Waals surface area contributed by atoms with Crippen LogP contribution in [0.25, 0.3) is 0 Å². The summed E-state index contributed by atoms with van der Waals surface area (Å²) < 4.78 is 1.27. The third-order valence-corrected chi connectivity index (χ3v) is 3.02. The molecule has 8 nitrogen and oxygen atoms in total. The van der Waals surface area contributed by atoms with E-state index in [1.54, 1.807) is 0 Å². The van der Waals surface area contributed by atoms with Crippen LogP contribution in [0.3, 0.4) is 0 Å². The first-order valence-corrected chi connectivity index (χ1v) is 6.82. The second-order valence-corrected chi connectivity index (χ2v) is 5.99. The molecule has 1 aromatic rings. The average Bonchev–Trinajstić information content (AvgIpc) is 2.75. The summed E-state index contributed by atoms with van der Waals surface area (Å²) in [6.07, 6.45) is 4.22. The van der Waals surface area contributed by atoms with Crippen LogP contribution >= 0.6 is 0 Å². The molecule has 0 spiro atoms. The van der Waals surface area contributed by atoms with Gasteiger partial charge in [-0.1, -0.05) is 0 Å². The molecule has 0 bridgehead atoms. The van der Waals surface area contributed by atoms with E-state index in [0.29, 0.717) is 0 Å². The van der Waals surface area contributed by atoms with Gasteiger partial charge in [0, 0.05) is 5.54 Å². The van der Waals surface area contributed by atoms with E-state index in [9.17, 15) is 14.9 Å². The molecule has 0 unspecified atom stereocenters. The molecule has 0 aliphatic carbocycles. The molecule has 118 valence electrons. The molecule has 1 N–H and O–H groups in total. The van der Waals surface area contributed by atoms with Gasteiger partial charge in [-0.05, 0) is 47.3 Å². The maximum absolute atomic E-state index is 12.0. The molecule has 1 amide bonds. The first-order valence-electron chi connectivity index (χ1n) is 6.82. The lowest BCUT2D eigenvalue weighted by atomic mass is 9.98. The number of aromatic nitrogens is 2. The molecule has 8 heteroatoms. The molecule has 1 heterocycles. The summed E-state index contributed by atoms with van der Waals surface area (Å²) in [4.78, 5) is 24.1. The summed E-state index contributed by atoms with van der Waals surface area (Å²) in [6, 6.07) is 0. The van der Waals surface area contributed by atoms with E-state index in [4.69, 9.17) is 0 Å². The van der Waals surface area contributed by atoms with Crippen LogP contribution in [0.15, 0.2) is 12.4 Å². The molecular weight excluding hydrogens is 274 g/mol. The van der Waals surface area contributed by atoms with Crippen molar-refractivity contribution in [3.05, 3.63) is 22.5 Å². The van der Waals surface area contributed by atoms with Crippen molar-refractivity contribution in [3.8, 4) is 0 Å². The van der Waals surface area contributed by atoms with E-state index >= 15 is 0 Å². The molecular formula is C13H23N5O3. The van der Waals surface area contributed by atoms with Gasteiger partial charge in [0.2, 0.25) is 5.91 Å². The summed E-state index contributed by atoms with van der Waals surface area (Å²) in [5.74, 6) is -0.206. The van der Waals surface area contributed by atoms with Crippen molar-refractivity contribution in [1.82, 2.24) is 20.0 Å². The molecule has 0 aliphatic rings. The van der Waals surface area contributed by atoms with E-state index in [2.05, 4.69) is 15.3 Å². The first-order chi connectivity index (χ1) is 9.69. The Labute approximate surface area is 124 Å². The zero-order valence-corrected chi connectivity index (χ0v) is 13.0. The standard InChI is InChI=1S/C13H23N5O3/c1-13(2,6-5-7-16(3)4)15-12(19)10-17-9-11(8-14-17)18(20)21/h8-9H,5-7,10H2,1-4H3,(H,15,19). The highest BCUT2D eigenvalue weighted by Gasteiger charge is 2.20. The van der Waals surface area contributed by atoms with Crippen LogP contribution < -0.4 is 5.32 Å². The number of amides is 1. The molecule has 0 saturated heterocycles. The summed E-state index contributed by atoms with van der Waals surface area (Å²) in [6.45, 7) is 4.87. The highest BCUT2D eigenvalue weighted by Crippen LogP contribution is 2.12. The molecule has 0 aliphatic heterocycles. The van der Waals surface area contributed by atoms with Crippen molar-refractivity contribution in [2.45, 2.75) is 38.8 Å². The molecule has 1 rings (SSSR count). The second kappa shape index (κ2) is 7.16. The number of carbonyl (C=O) groups is 1. The third kappa shape index (κ3) is 6.35. The average molecular weight is 297 g/mol. The Hall–Kier alpha value is -1.96. The number of nitrogens with zero attached hydrogens (tertiary/aromatic N) is 4. The number of rotatable bonds is 8. The van der Waals surface area contributed by atoms with Crippen LogP contribution in [0.4, 0.5) is 5.69 Å². The number of carbonyl (C=O) groups excluding carboxylic acids is 1. The van der Waals surface area contributed by atoms with Gasteiger partial charge in [0.15, 0.2) is 0 Å². The Morgan fingerprint density at radius 1 is 1.52 bits per heavy atom. The zero-order valence-electron chi connectivity index (χ0n) is 13.0. The second-order valence-electron chi connectivity index (χ2n) is 5.99. The lowest BCUT2D eigenvalue weighted by molar-refractivity contribution is -0.385. The Balaban J connectivity index is 2.45. The van der Waals surface area contributed by atoms with Crippen LogP contribution in [0.1, 0.15) is 26.7 Å². The van der Waals surface area contributed by atoms with Crippen molar-refractivity contribution < 1.29 is 9.72 Å².